The van der Waals surface area contributed by atoms with Crippen LogP contribution in [0.25, 0.3) is 22.6 Å². The van der Waals surface area contributed by atoms with Gasteiger partial charge in [0, 0.05) is 18.0 Å². The largest absolute Gasteiger partial charge is 0.465 e. The van der Waals surface area contributed by atoms with E-state index in [1.165, 1.54) is 0 Å². The van der Waals surface area contributed by atoms with E-state index in [1.54, 1.807) is 25.3 Å². The number of aromatic nitrogens is 4. The number of hydrogen-bond donors (Lipinski definition) is 2. The number of carbonyl (C=O) groups excluding carboxylic acids is 1. The molecule has 0 saturated heterocycles. The summed E-state index contributed by atoms with van der Waals surface area (Å²) in [6.07, 6.45) is 1.71. The molecule has 1 aromatic carbocycles. The minimum atomic E-state index is -0.297. The third kappa shape index (κ3) is 3.39. The highest BCUT2D eigenvalue weighted by molar-refractivity contribution is 5.94. The molecule has 3 aromatic heterocycles. The number of ether oxygens (including phenoxy) is 1. The van der Waals surface area contributed by atoms with Gasteiger partial charge in [-0.05, 0) is 42.4 Å². The van der Waals surface area contributed by atoms with Crippen molar-refractivity contribution in [1.82, 2.24) is 20.1 Å². The molecular formula is C18H15N5O3. The Bertz CT molecular complexity index is 1060. The molecule has 0 fully saturated rings. The summed E-state index contributed by atoms with van der Waals surface area (Å²) in [5.74, 6) is 1.28. The van der Waals surface area contributed by atoms with E-state index in [9.17, 15) is 4.79 Å². The second-order valence-electron chi connectivity index (χ2n) is 5.64. The first-order chi connectivity index (χ1) is 12.7. The molecule has 4 aromatic rings. The number of amides is 1. The van der Waals surface area contributed by atoms with Crippen molar-refractivity contribution >= 4 is 22.6 Å². The summed E-state index contributed by atoms with van der Waals surface area (Å²) >= 11 is 0. The number of fused-ring (bicyclic) bond motifs is 1. The van der Waals surface area contributed by atoms with E-state index in [0.717, 1.165) is 16.7 Å². The molecule has 0 saturated carbocycles. The number of aromatic amines is 1. The van der Waals surface area contributed by atoms with E-state index in [2.05, 4.69) is 25.4 Å². The Morgan fingerprint density at radius 2 is 2.19 bits per heavy atom. The van der Waals surface area contributed by atoms with Gasteiger partial charge in [0.2, 0.25) is 0 Å². The third-order valence-corrected chi connectivity index (χ3v) is 3.63. The van der Waals surface area contributed by atoms with Crippen LogP contribution in [0.3, 0.4) is 0 Å². The Hall–Kier alpha value is -3.68. The lowest BCUT2D eigenvalue weighted by atomic mass is 10.3. The van der Waals surface area contributed by atoms with E-state index in [-0.39, 0.29) is 18.4 Å². The van der Waals surface area contributed by atoms with Crippen LogP contribution in [-0.4, -0.2) is 32.6 Å². The first-order valence-corrected chi connectivity index (χ1v) is 7.94. The molecule has 0 aliphatic heterocycles. The molecule has 2 N–H and O–H groups in total. The Balaban J connectivity index is 1.46. The maximum Gasteiger partial charge on any atom is 0.262 e. The van der Waals surface area contributed by atoms with Gasteiger partial charge in [0.25, 0.3) is 11.8 Å². The molecule has 8 nitrogen and oxygen atoms in total. The second kappa shape index (κ2) is 6.67. The molecule has 0 bridgehead atoms. The number of aryl methyl sites for hydroxylation is 1. The summed E-state index contributed by atoms with van der Waals surface area (Å²) in [5, 5.41) is 6.45. The molecule has 3 heterocycles. The molecule has 0 aliphatic rings. The van der Waals surface area contributed by atoms with Crippen LogP contribution in [-0.2, 0) is 4.79 Å². The van der Waals surface area contributed by atoms with Crippen molar-refractivity contribution in [2.45, 2.75) is 6.92 Å². The smallest absolute Gasteiger partial charge is 0.262 e. The minimum Gasteiger partial charge on any atom is -0.465 e. The van der Waals surface area contributed by atoms with Crippen LogP contribution in [0.5, 0.6) is 5.88 Å². The summed E-state index contributed by atoms with van der Waals surface area (Å²) in [5.41, 5.74) is 2.98. The van der Waals surface area contributed by atoms with Crippen molar-refractivity contribution in [1.29, 1.82) is 0 Å². The van der Waals surface area contributed by atoms with Gasteiger partial charge in [0.05, 0.1) is 11.0 Å². The van der Waals surface area contributed by atoms with E-state index >= 15 is 0 Å². The lowest BCUT2D eigenvalue weighted by Crippen LogP contribution is -2.20. The van der Waals surface area contributed by atoms with Gasteiger partial charge in [-0.25, -0.2) is 4.98 Å². The summed E-state index contributed by atoms with van der Waals surface area (Å²) in [6, 6.07) is 12.7. The molecule has 26 heavy (non-hydrogen) atoms. The maximum absolute atomic E-state index is 12.0. The average Bonchev–Trinajstić information content (AvgIpc) is 3.26. The fourth-order valence-electron chi connectivity index (χ4n) is 2.46. The van der Waals surface area contributed by atoms with Crippen LogP contribution >= 0.6 is 0 Å². The van der Waals surface area contributed by atoms with Gasteiger partial charge in [0.1, 0.15) is 11.5 Å². The SMILES string of the molecule is Cc1cc(OCC(=O)Nc2ccc3nc(-c4ccccn4)[nH]c3c2)no1. The van der Waals surface area contributed by atoms with Gasteiger partial charge in [-0.2, -0.15) is 0 Å². The lowest BCUT2D eigenvalue weighted by molar-refractivity contribution is -0.118. The van der Waals surface area contributed by atoms with Crippen molar-refractivity contribution in [3.63, 3.8) is 0 Å². The van der Waals surface area contributed by atoms with Crippen LogP contribution in [0.1, 0.15) is 5.76 Å². The summed E-state index contributed by atoms with van der Waals surface area (Å²) in [7, 11) is 0. The Morgan fingerprint density at radius 1 is 1.27 bits per heavy atom. The van der Waals surface area contributed by atoms with Crippen LogP contribution in [0.4, 0.5) is 5.69 Å². The van der Waals surface area contributed by atoms with Crippen LogP contribution < -0.4 is 10.1 Å². The number of H-pyrrole nitrogens is 1. The number of carbonyl (C=O) groups is 1. The topological polar surface area (TPSA) is 106 Å². The van der Waals surface area contributed by atoms with E-state index in [0.29, 0.717) is 17.3 Å². The van der Waals surface area contributed by atoms with Crippen molar-refractivity contribution in [2.75, 3.05) is 11.9 Å². The predicted octanol–water partition coefficient (Wildman–Crippen LogP) is 2.94. The molecule has 0 aliphatic carbocycles. The van der Waals surface area contributed by atoms with Crippen LogP contribution in [0.15, 0.2) is 53.2 Å². The Morgan fingerprint density at radius 3 is 2.96 bits per heavy atom. The van der Waals surface area contributed by atoms with Gasteiger partial charge in [-0.1, -0.05) is 6.07 Å². The van der Waals surface area contributed by atoms with Crippen LogP contribution in [0.2, 0.25) is 0 Å². The normalized spacial score (nSPS) is 10.8. The number of pyridine rings is 1. The zero-order chi connectivity index (χ0) is 17.9. The number of imidazole rings is 1. The van der Waals surface area contributed by atoms with Gasteiger partial charge < -0.3 is 19.6 Å². The van der Waals surface area contributed by atoms with Crippen molar-refractivity contribution in [2.24, 2.45) is 0 Å². The summed E-state index contributed by atoms with van der Waals surface area (Å²) in [6.45, 7) is 1.59. The van der Waals surface area contributed by atoms with E-state index in [4.69, 9.17) is 9.26 Å². The van der Waals surface area contributed by atoms with Crippen molar-refractivity contribution in [3.05, 3.63) is 54.4 Å². The van der Waals surface area contributed by atoms with Gasteiger partial charge >= 0.3 is 0 Å². The van der Waals surface area contributed by atoms with Gasteiger partial charge in [-0.15, -0.1) is 0 Å². The molecule has 0 atom stereocenters. The van der Waals surface area contributed by atoms with Crippen molar-refractivity contribution in [3.8, 4) is 17.4 Å². The number of nitrogens with zero attached hydrogens (tertiary/aromatic N) is 3. The fraction of sp³-hybridized carbons (Fsp3) is 0.111. The molecule has 4 rings (SSSR count). The number of rotatable bonds is 5. The number of nitrogens with one attached hydrogen (secondary N) is 2. The average molecular weight is 349 g/mol. The van der Waals surface area contributed by atoms with Crippen LogP contribution in [0, 0.1) is 6.92 Å². The zero-order valence-corrected chi connectivity index (χ0v) is 13.9. The van der Waals surface area contributed by atoms with E-state index < -0.39 is 0 Å². The number of benzene rings is 1. The molecule has 8 heteroatoms. The molecule has 130 valence electrons. The quantitative estimate of drug-likeness (QED) is 0.574. The minimum absolute atomic E-state index is 0.161. The van der Waals surface area contributed by atoms with Gasteiger partial charge in [0.15, 0.2) is 12.4 Å². The molecule has 0 radical (unpaired) electrons. The molecular weight excluding hydrogens is 334 g/mol. The first-order valence-electron chi connectivity index (χ1n) is 7.94. The summed E-state index contributed by atoms with van der Waals surface area (Å²) < 4.78 is 10.1. The second-order valence-corrected chi connectivity index (χ2v) is 5.64. The third-order valence-electron chi connectivity index (χ3n) is 3.63. The molecule has 0 unspecified atom stereocenters. The first kappa shape index (κ1) is 15.8. The highest BCUT2D eigenvalue weighted by atomic mass is 16.5. The molecule has 0 spiro atoms. The number of hydrogen-bond acceptors (Lipinski definition) is 6. The fourth-order valence-corrected chi connectivity index (χ4v) is 2.46. The zero-order valence-electron chi connectivity index (χ0n) is 13.9. The van der Waals surface area contributed by atoms with Gasteiger partial charge in [-0.3, -0.25) is 9.78 Å². The highest BCUT2D eigenvalue weighted by Gasteiger charge is 2.09. The Kier molecular flexibility index (Phi) is 4.06. The monoisotopic (exact) mass is 349 g/mol. The van der Waals surface area contributed by atoms with Crippen molar-refractivity contribution < 1.29 is 14.1 Å². The number of anilines is 1. The summed E-state index contributed by atoms with van der Waals surface area (Å²) in [4.78, 5) is 24.0. The lowest BCUT2D eigenvalue weighted by Gasteiger charge is -2.05. The predicted molar refractivity (Wildman–Crippen MR) is 94.7 cm³/mol. The van der Waals surface area contributed by atoms with E-state index in [1.807, 2.05) is 30.3 Å². The molecule has 1 amide bonds. The maximum atomic E-state index is 12.0. The highest BCUT2D eigenvalue weighted by Crippen LogP contribution is 2.21. The standard InChI is InChI=1S/C18H15N5O3/c1-11-8-17(23-26-11)25-10-16(24)20-12-5-6-13-15(9-12)22-18(21-13)14-4-2-3-7-19-14/h2-9H,10H2,1H3,(H,20,24)(H,21,22). The Labute approximate surface area is 148 Å².